The van der Waals surface area contributed by atoms with E-state index in [1.54, 1.807) is 11.6 Å². The van der Waals surface area contributed by atoms with Crippen LogP contribution in [0.25, 0.3) is 11.3 Å². The van der Waals surface area contributed by atoms with Crippen LogP contribution in [-0.4, -0.2) is 30.7 Å². The Balaban J connectivity index is 2.67. The van der Waals surface area contributed by atoms with Crippen molar-refractivity contribution in [2.75, 3.05) is 14.2 Å². The van der Waals surface area contributed by atoms with Crippen molar-refractivity contribution in [1.82, 2.24) is 4.57 Å². The van der Waals surface area contributed by atoms with Crippen molar-refractivity contribution in [3.05, 3.63) is 47.7 Å². The van der Waals surface area contributed by atoms with Crippen LogP contribution in [0.4, 0.5) is 0 Å². The van der Waals surface area contributed by atoms with Crippen LogP contribution in [0.15, 0.2) is 36.4 Å². The molecule has 0 fully saturated rings. The Morgan fingerprint density at radius 2 is 1.60 bits per heavy atom. The molecule has 0 saturated heterocycles. The van der Waals surface area contributed by atoms with Gasteiger partial charge in [0.2, 0.25) is 0 Å². The summed E-state index contributed by atoms with van der Waals surface area (Å²) >= 11 is 0. The Labute approximate surface area is 116 Å². The van der Waals surface area contributed by atoms with Gasteiger partial charge in [-0.2, -0.15) is 0 Å². The number of hydrogen-bond donors (Lipinski definition) is 0. The third kappa shape index (κ3) is 2.30. The summed E-state index contributed by atoms with van der Waals surface area (Å²) < 4.78 is 11.1. The summed E-state index contributed by atoms with van der Waals surface area (Å²) in [4.78, 5) is 23.6. The third-order valence-corrected chi connectivity index (χ3v) is 3.08. The highest BCUT2D eigenvalue weighted by Crippen LogP contribution is 2.27. The Kier molecular flexibility index (Phi) is 3.89. The predicted octanol–water partition coefficient (Wildman–Crippen LogP) is 2.27. The largest absolute Gasteiger partial charge is 0.465 e. The number of nitrogens with zero attached hydrogens (tertiary/aromatic N) is 1. The SMILES string of the molecule is COC(=O)c1cc(C(=O)OC)n(C)c1-c1ccccc1. The summed E-state index contributed by atoms with van der Waals surface area (Å²) in [6.07, 6.45) is 0. The molecule has 0 aliphatic heterocycles. The highest BCUT2D eigenvalue weighted by atomic mass is 16.5. The summed E-state index contributed by atoms with van der Waals surface area (Å²) in [6.45, 7) is 0. The van der Waals surface area contributed by atoms with Crippen LogP contribution in [-0.2, 0) is 16.5 Å². The van der Waals surface area contributed by atoms with Gasteiger partial charge >= 0.3 is 11.9 Å². The second-order valence-corrected chi connectivity index (χ2v) is 4.20. The van der Waals surface area contributed by atoms with Crippen LogP contribution >= 0.6 is 0 Å². The average Bonchev–Trinajstić information content (AvgIpc) is 2.84. The van der Waals surface area contributed by atoms with Crippen LogP contribution in [0.5, 0.6) is 0 Å². The van der Waals surface area contributed by atoms with E-state index < -0.39 is 11.9 Å². The zero-order valence-electron chi connectivity index (χ0n) is 11.5. The molecule has 2 rings (SSSR count). The quantitative estimate of drug-likeness (QED) is 0.805. The minimum absolute atomic E-state index is 0.298. The molecule has 1 heterocycles. The van der Waals surface area contributed by atoms with Gasteiger partial charge in [-0.25, -0.2) is 9.59 Å². The zero-order chi connectivity index (χ0) is 14.7. The molecule has 0 aliphatic carbocycles. The fraction of sp³-hybridized carbons (Fsp3) is 0.200. The number of benzene rings is 1. The minimum Gasteiger partial charge on any atom is -0.465 e. The molecule has 2 aromatic rings. The maximum Gasteiger partial charge on any atom is 0.354 e. The number of carbonyl (C=O) groups is 2. The second kappa shape index (κ2) is 5.61. The van der Waals surface area contributed by atoms with Crippen LogP contribution in [0.1, 0.15) is 20.8 Å². The first-order chi connectivity index (χ1) is 9.60. The van der Waals surface area contributed by atoms with Crippen molar-refractivity contribution < 1.29 is 19.1 Å². The average molecular weight is 273 g/mol. The summed E-state index contributed by atoms with van der Waals surface area (Å²) in [7, 11) is 4.32. The maximum absolute atomic E-state index is 11.9. The van der Waals surface area contributed by atoms with Crippen molar-refractivity contribution in [3.8, 4) is 11.3 Å². The molecule has 0 radical (unpaired) electrons. The molecular formula is C15H15NO4. The fourth-order valence-electron chi connectivity index (χ4n) is 2.11. The summed E-state index contributed by atoms with van der Waals surface area (Å²) in [5, 5.41) is 0. The summed E-state index contributed by atoms with van der Waals surface area (Å²) in [5.74, 6) is -0.991. The van der Waals surface area contributed by atoms with E-state index in [-0.39, 0.29) is 0 Å². The number of ether oxygens (including phenoxy) is 2. The van der Waals surface area contributed by atoms with Gasteiger partial charge in [0.1, 0.15) is 5.69 Å². The lowest BCUT2D eigenvalue weighted by atomic mass is 10.1. The van der Waals surface area contributed by atoms with Gasteiger partial charge in [-0.1, -0.05) is 30.3 Å². The number of carbonyl (C=O) groups excluding carboxylic acids is 2. The molecule has 0 atom stereocenters. The van der Waals surface area contributed by atoms with E-state index in [0.29, 0.717) is 17.0 Å². The first kappa shape index (κ1) is 13.9. The van der Waals surface area contributed by atoms with Crippen LogP contribution < -0.4 is 0 Å². The first-order valence-electron chi connectivity index (χ1n) is 6.02. The molecule has 0 unspecified atom stereocenters. The lowest BCUT2D eigenvalue weighted by Gasteiger charge is -2.08. The molecule has 5 nitrogen and oxygen atoms in total. The van der Waals surface area contributed by atoms with Gasteiger partial charge in [-0.05, 0) is 11.6 Å². The van der Waals surface area contributed by atoms with Gasteiger partial charge < -0.3 is 14.0 Å². The van der Waals surface area contributed by atoms with Crippen molar-refractivity contribution in [3.63, 3.8) is 0 Å². The number of esters is 2. The van der Waals surface area contributed by atoms with E-state index in [0.717, 1.165) is 5.56 Å². The number of rotatable bonds is 3. The number of hydrogen-bond acceptors (Lipinski definition) is 4. The van der Waals surface area contributed by atoms with Gasteiger partial charge in [0, 0.05) is 7.05 Å². The second-order valence-electron chi connectivity index (χ2n) is 4.20. The van der Waals surface area contributed by atoms with E-state index in [2.05, 4.69) is 0 Å². The van der Waals surface area contributed by atoms with E-state index in [1.165, 1.54) is 20.3 Å². The van der Waals surface area contributed by atoms with Gasteiger partial charge in [0.05, 0.1) is 25.5 Å². The van der Waals surface area contributed by atoms with E-state index in [9.17, 15) is 9.59 Å². The van der Waals surface area contributed by atoms with Crippen LogP contribution in [0, 0.1) is 0 Å². The standard InChI is InChI=1S/C15H15NO4/c1-16-12(15(18)20-3)9-11(14(17)19-2)13(16)10-7-5-4-6-8-10/h4-9H,1-3H3. The lowest BCUT2D eigenvalue weighted by Crippen LogP contribution is -2.08. The van der Waals surface area contributed by atoms with Crippen LogP contribution in [0.2, 0.25) is 0 Å². The molecular weight excluding hydrogens is 258 g/mol. The topological polar surface area (TPSA) is 57.5 Å². The zero-order valence-corrected chi connectivity index (χ0v) is 11.5. The summed E-state index contributed by atoms with van der Waals surface area (Å²) in [5.41, 5.74) is 2.08. The Morgan fingerprint density at radius 3 is 2.15 bits per heavy atom. The highest BCUT2D eigenvalue weighted by Gasteiger charge is 2.23. The molecule has 5 heteroatoms. The predicted molar refractivity (Wildman–Crippen MR) is 73.5 cm³/mol. The molecule has 1 aromatic carbocycles. The fourth-order valence-corrected chi connectivity index (χ4v) is 2.11. The molecule has 0 saturated carbocycles. The van der Waals surface area contributed by atoms with Crippen molar-refractivity contribution >= 4 is 11.9 Å². The van der Waals surface area contributed by atoms with Gasteiger partial charge in [0.25, 0.3) is 0 Å². The molecule has 0 amide bonds. The van der Waals surface area contributed by atoms with Gasteiger partial charge in [0.15, 0.2) is 0 Å². The molecule has 20 heavy (non-hydrogen) atoms. The Morgan fingerprint density at radius 1 is 1.00 bits per heavy atom. The van der Waals surface area contributed by atoms with Crippen molar-refractivity contribution in [2.24, 2.45) is 7.05 Å². The third-order valence-electron chi connectivity index (χ3n) is 3.08. The molecule has 1 aromatic heterocycles. The molecule has 0 bridgehead atoms. The molecule has 0 spiro atoms. The van der Waals surface area contributed by atoms with E-state index >= 15 is 0 Å². The molecule has 0 N–H and O–H groups in total. The smallest absolute Gasteiger partial charge is 0.354 e. The normalized spacial score (nSPS) is 10.2. The first-order valence-corrected chi connectivity index (χ1v) is 6.02. The van der Waals surface area contributed by atoms with Crippen molar-refractivity contribution in [1.29, 1.82) is 0 Å². The summed E-state index contributed by atoms with van der Waals surface area (Å²) in [6, 6.07) is 10.8. The van der Waals surface area contributed by atoms with Gasteiger partial charge in [-0.15, -0.1) is 0 Å². The molecule has 0 aliphatic rings. The van der Waals surface area contributed by atoms with Gasteiger partial charge in [-0.3, -0.25) is 0 Å². The van der Waals surface area contributed by atoms with Crippen molar-refractivity contribution in [2.45, 2.75) is 0 Å². The maximum atomic E-state index is 11.9. The minimum atomic E-state index is -0.500. The van der Waals surface area contributed by atoms with E-state index in [4.69, 9.17) is 9.47 Å². The lowest BCUT2D eigenvalue weighted by molar-refractivity contribution is 0.0589. The highest BCUT2D eigenvalue weighted by molar-refractivity contribution is 6.01. The number of methoxy groups -OCH3 is 2. The molecule has 104 valence electrons. The van der Waals surface area contributed by atoms with Crippen LogP contribution in [0.3, 0.4) is 0 Å². The Hall–Kier alpha value is -2.56. The number of aromatic nitrogens is 1. The van der Waals surface area contributed by atoms with E-state index in [1.807, 2.05) is 30.3 Å². The Bertz CT molecular complexity index is 643. The monoisotopic (exact) mass is 273 g/mol.